The van der Waals surface area contributed by atoms with Gasteiger partial charge in [0.15, 0.2) is 11.6 Å². The maximum absolute atomic E-state index is 11.5. The van der Waals surface area contributed by atoms with Crippen LogP contribution in [0.15, 0.2) is 17.2 Å². The number of ether oxygens (including phenoxy) is 2. The molecule has 0 radical (unpaired) electrons. The summed E-state index contributed by atoms with van der Waals surface area (Å²) in [5.41, 5.74) is 0.322. The zero-order valence-electron chi connectivity index (χ0n) is 15.8. The standard InChI is InChI=1S/C17H23N5O4S/c1-5-7-26-15-13(22(23)24)8-12(9-14(15)25-6-2)10-18-21-16(11(3)4)19-20-17(21)27/h8-11H,5-7H2,1-4H3,(H,20,27)/b18-10-. The molecule has 146 valence electrons. The van der Waals surface area contributed by atoms with Gasteiger partial charge in [0, 0.05) is 17.5 Å². The number of nitro benzene ring substituents is 1. The summed E-state index contributed by atoms with van der Waals surface area (Å²) < 4.78 is 12.9. The predicted octanol–water partition coefficient (Wildman–Crippen LogP) is 4.04. The lowest BCUT2D eigenvalue weighted by Gasteiger charge is -2.12. The molecule has 0 aliphatic rings. The number of nitro groups is 1. The third kappa shape index (κ3) is 4.91. The van der Waals surface area contributed by atoms with Crippen molar-refractivity contribution in [3.05, 3.63) is 38.4 Å². The van der Waals surface area contributed by atoms with E-state index >= 15 is 0 Å². The Bertz CT molecular complexity index is 888. The Hall–Kier alpha value is -2.75. The Morgan fingerprint density at radius 3 is 2.74 bits per heavy atom. The van der Waals surface area contributed by atoms with Gasteiger partial charge in [-0.1, -0.05) is 20.8 Å². The first-order chi connectivity index (χ1) is 12.9. The van der Waals surface area contributed by atoms with E-state index < -0.39 is 4.92 Å². The van der Waals surface area contributed by atoms with Gasteiger partial charge in [-0.25, -0.2) is 0 Å². The SMILES string of the molecule is CCCOc1c(OCC)cc(/C=N\n2c(C(C)C)n[nH]c2=S)cc1[N+](=O)[O-]. The highest BCUT2D eigenvalue weighted by Crippen LogP contribution is 2.38. The van der Waals surface area contributed by atoms with E-state index in [9.17, 15) is 10.1 Å². The van der Waals surface area contributed by atoms with Crippen LogP contribution in [0.5, 0.6) is 11.5 Å². The molecule has 0 aliphatic heterocycles. The van der Waals surface area contributed by atoms with Crippen LogP contribution < -0.4 is 9.47 Å². The van der Waals surface area contributed by atoms with Crippen LogP contribution in [-0.4, -0.2) is 39.2 Å². The Kier molecular flexibility index (Phi) is 7.05. The number of aromatic amines is 1. The van der Waals surface area contributed by atoms with Crippen molar-refractivity contribution in [2.45, 2.75) is 40.0 Å². The van der Waals surface area contributed by atoms with Crippen LogP contribution in [0.2, 0.25) is 0 Å². The molecule has 1 N–H and O–H groups in total. The van der Waals surface area contributed by atoms with Crippen molar-refractivity contribution in [3.63, 3.8) is 0 Å². The van der Waals surface area contributed by atoms with E-state index in [1.165, 1.54) is 17.0 Å². The molecule has 0 atom stereocenters. The van der Waals surface area contributed by atoms with Gasteiger partial charge in [-0.15, -0.1) is 0 Å². The van der Waals surface area contributed by atoms with Gasteiger partial charge in [-0.05, 0) is 31.6 Å². The van der Waals surface area contributed by atoms with Crippen molar-refractivity contribution in [1.82, 2.24) is 14.9 Å². The van der Waals surface area contributed by atoms with Gasteiger partial charge in [0.2, 0.25) is 10.5 Å². The molecule has 27 heavy (non-hydrogen) atoms. The number of H-pyrrole nitrogens is 1. The largest absolute Gasteiger partial charge is 0.490 e. The number of nitrogens with one attached hydrogen (secondary N) is 1. The average molecular weight is 393 g/mol. The monoisotopic (exact) mass is 393 g/mol. The fourth-order valence-electron chi connectivity index (χ4n) is 2.34. The molecule has 0 aliphatic carbocycles. The maximum Gasteiger partial charge on any atom is 0.315 e. The summed E-state index contributed by atoms with van der Waals surface area (Å²) in [6, 6.07) is 3.06. The van der Waals surface area contributed by atoms with Crippen molar-refractivity contribution in [3.8, 4) is 11.5 Å². The van der Waals surface area contributed by atoms with Crippen LogP contribution in [0.3, 0.4) is 0 Å². The third-order valence-electron chi connectivity index (χ3n) is 3.52. The Labute approximate surface area is 162 Å². The molecule has 1 aromatic carbocycles. The molecule has 0 fully saturated rings. The first-order valence-electron chi connectivity index (χ1n) is 8.68. The fraction of sp³-hybridized carbons (Fsp3) is 0.471. The number of benzene rings is 1. The summed E-state index contributed by atoms with van der Waals surface area (Å²) in [5, 5.41) is 22.7. The molecule has 2 aromatic rings. The van der Waals surface area contributed by atoms with Gasteiger partial charge in [-0.3, -0.25) is 15.2 Å². The predicted molar refractivity (Wildman–Crippen MR) is 105 cm³/mol. The summed E-state index contributed by atoms with van der Waals surface area (Å²) in [6.07, 6.45) is 2.21. The van der Waals surface area contributed by atoms with Crippen LogP contribution in [0.1, 0.15) is 51.4 Å². The Morgan fingerprint density at radius 2 is 2.15 bits per heavy atom. The molecule has 0 saturated carbocycles. The molecule has 2 rings (SSSR count). The van der Waals surface area contributed by atoms with E-state index in [1.54, 1.807) is 13.0 Å². The van der Waals surface area contributed by atoms with E-state index in [0.717, 1.165) is 6.42 Å². The third-order valence-corrected chi connectivity index (χ3v) is 3.78. The van der Waals surface area contributed by atoms with Crippen LogP contribution >= 0.6 is 12.2 Å². The minimum absolute atomic E-state index is 0.105. The van der Waals surface area contributed by atoms with E-state index in [1.807, 2.05) is 20.8 Å². The molecule has 10 heteroatoms. The van der Waals surface area contributed by atoms with Gasteiger partial charge in [0.1, 0.15) is 0 Å². The second kappa shape index (κ2) is 9.26. The van der Waals surface area contributed by atoms with Crippen molar-refractivity contribution in [2.75, 3.05) is 13.2 Å². The van der Waals surface area contributed by atoms with Gasteiger partial charge in [0.25, 0.3) is 0 Å². The highest BCUT2D eigenvalue weighted by atomic mass is 32.1. The van der Waals surface area contributed by atoms with Crippen LogP contribution in [0, 0.1) is 14.9 Å². The topological polar surface area (TPSA) is 108 Å². The van der Waals surface area contributed by atoms with Crippen LogP contribution in [-0.2, 0) is 0 Å². The van der Waals surface area contributed by atoms with E-state index in [2.05, 4.69) is 15.3 Å². The van der Waals surface area contributed by atoms with E-state index in [4.69, 9.17) is 21.7 Å². The quantitative estimate of drug-likeness (QED) is 0.298. The smallest absolute Gasteiger partial charge is 0.315 e. The molecular weight excluding hydrogens is 370 g/mol. The summed E-state index contributed by atoms with van der Waals surface area (Å²) in [5.74, 6) is 1.21. The zero-order valence-corrected chi connectivity index (χ0v) is 16.6. The lowest BCUT2D eigenvalue weighted by molar-refractivity contribution is -0.386. The van der Waals surface area contributed by atoms with Crippen molar-refractivity contribution < 1.29 is 14.4 Å². The van der Waals surface area contributed by atoms with Gasteiger partial charge in [0.05, 0.1) is 24.4 Å². The van der Waals surface area contributed by atoms with Gasteiger partial charge >= 0.3 is 5.69 Å². The van der Waals surface area contributed by atoms with E-state index in [0.29, 0.717) is 35.1 Å². The first-order valence-corrected chi connectivity index (χ1v) is 9.09. The summed E-state index contributed by atoms with van der Waals surface area (Å²) in [6.45, 7) is 8.37. The van der Waals surface area contributed by atoms with Gasteiger partial charge in [-0.2, -0.15) is 14.9 Å². The Balaban J connectivity index is 2.50. The second-order valence-corrected chi connectivity index (χ2v) is 6.39. The summed E-state index contributed by atoms with van der Waals surface area (Å²) >= 11 is 5.19. The number of rotatable bonds is 9. The number of hydrogen-bond donors (Lipinski definition) is 1. The molecule has 0 spiro atoms. The second-order valence-electron chi connectivity index (χ2n) is 6.00. The lowest BCUT2D eigenvalue weighted by atomic mass is 10.2. The summed E-state index contributed by atoms with van der Waals surface area (Å²) in [4.78, 5) is 11.0. The van der Waals surface area contributed by atoms with Crippen LogP contribution in [0.25, 0.3) is 0 Å². The average Bonchev–Trinajstić information content (AvgIpc) is 2.99. The molecule has 0 amide bonds. The number of nitrogens with zero attached hydrogens (tertiary/aromatic N) is 4. The minimum Gasteiger partial charge on any atom is -0.490 e. The summed E-state index contributed by atoms with van der Waals surface area (Å²) in [7, 11) is 0. The maximum atomic E-state index is 11.5. The van der Waals surface area contributed by atoms with Gasteiger partial charge < -0.3 is 9.47 Å². The minimum atomic E-state index is -0.492. The number of hydrogen-bond acceptors (Lipinski definition) is 7. The highest BCUT2D eigenvalue weighted by Gasteiger charge is 2.22. The molecule has 9 nitrogen and oxygen atoms in total. The number of aromatic nitrogens is 3. The Morgan fingerprint density at radius 1 is 1.41 bits per heavy atom. The van der Waals surface area contributed by atoms with E-state index in [-0.39, 0.29) is 17.4 Å². The zero-order chi connectivity index (χ0) is 20.0. The van der Waals surface area contributed by atoms with Crippen molar-refractivity contribution in [1.29, 1.82) is 0 Å². The van der Waals surface area contributed by atoms with Crippen LogP contribution in [0.4, 0.5) is 5.69 Å². The fourth-order valence-corrected chi connectivity index (χ4v) is 2.53. The molecular formula is C17H23N5O4S. The molecule has 0 unspecified atom stereocenters. The van der Waals surface area contributed by atoms with Crippen molar-refractivity contribution >= 4 is 24.1 Å². The first kappa shape index (κ1) is 20.6. The van der Waals surface area contributed by atoms with Crippen molar-refractivity contribution in [2.24, 2.45) is 5.10 Å². The molecule has 0 saturated heterocycles. The lowest BCUT2D eigenvalue weighted by Crippen LogP contribution is -2.05. The molecule has 1 aromatic heterocycles. The highest BCUT2D eigenvalue weighted by molar-refractivity contribution is 7.71. The normalized spacial score (nSPS) is 11.3. The molecule has 1 heterocycles. The molecule has 0 bridgehead atoms.